The third-order valence-electron chi connectivity index (χ3n) is 4.06. The molecule has 0 saturated heterocycles. The molecule has 1 amide bonds. The highest BCUT2D eigenvalue weighted by Crippen LogP contribution is 2.32. The molecule has 2 rings (SSSR count). The van der Waals surface area contributed by atoms with Gasteiger partial charge in [0, 0.05) is 25.7 Å². The second kappa shape index (κ2) is 8.74. The van der Waals surface area contributed by atoms with Gasteiger partial charge in [-0.25, -0.2) is 13.1 Å². The molecule has 152 valence electrons. The summed E-state index contributed by atoms with van der Waals surface area (Å²) >= 11 is 0. The highest BCUT2D eigenvalue weighted by molar-refractivity contribution is 7.88. The molecule has 0 atom stereocenters. The highest BCUT2D eigenvalue weighted by Gasteiger charge is 2.33. The first-order chi connectivity index (χ1) is 13.0. The van der Waals surface area contributed by atoms with Gasteiger partial charge in [-0.05, 0) is 35.7 Å². The van der Waals surface area contributed by atoms with Crippen LogP contribution in [0.3, 0.4) is 0 Å². The van der Waals surface area contributed by atoms with Crippen molar-refractivity contribution in [3.8, 4) is 0 Å². The summed E-state index contributed by atoms with van der Waals surface area (Å²) < 4.78 is 63.8. The van der Waals surface area contributed by atoms with E-state index in [1.165, 1.54) is 30.1 Å². The van der Waals surface area contributed by atoms with Crippen molar-refractivity contribution in [1.82, 2.24) is 9.62 Å². The van der Waals surface area contributed by atoms with E-state index in [0.29, 0.717) is 12.0 Å². The largest absolute Gasteiger partial charge is 0.416 e. The number of carbonyl (C=O) groups excluding carboxylic acids is 1. The third kappa shape index (κ3) is 6.35. The molecule has 0 heterocycles. The SMILES string of the molecule is CN(Cc1ccccc1C(F)(F)F)C(=O)c1ccc(CCNS(C)(=O)=O)cc1. The molecule has 0 spiro atoms. The second-order valence-corrected chi connectivity index (χ2v) is 8.26. The number of nitrogens with one attached hydrogen (secondary N) is 1. The van der Waals surface area contributed by atoms with Gasteiger partial charge < -0.3 is 4.90 Å². The van der Waals surface area contributed by atoms with Crippen LogP contribution in [-0.4, -0.2) is 39.1 Å². The van der Waals surface area contributed by atoms with Crippen molar-refractivity contribution in [2.75, 3.05) is 19.8 Å². The number of amides is 1. The topological polar surface area (TPSA) is 66.5 Å². The van der Waals surface area contributed by atoms with Gasteiger partial charge in [-0.15, -0.1) is 0 Å². The highest BCUT2D eigenvalue weighted by atomic mass is 32.2. The van der Waals surface area contributed by atoms with Gasteiger partial charge in [-0.1, -0.05) is 30.3 Å². The number of alkyl halides is 3. The molecular formula is C19H21F3N2O3S. The summed E-state index contributed by atoms with van der Waals surface area (Å²) in [6.45, 7) is 0.0643. The van der Waals surface area contributed by atoms with Crippen LogP contribution < -0.4 is 4.72 Å². The molecule has 9 heteroatoms. The second-order valence-electron chi connectivity index (χ2n) is 6.43. The molecule has 0 aliphatic heterocycles. The fraction of sp³-hybridized carbons (Fsp3) is 0.316. The number of rotatable bonds is 7. The monoisotopic (exact) mass is 414 g/mol. The standard InChI is InChI=1S/C19H21F3N2O3S/c1-24(13-16-5-3-4-6-17(16)19(20,21)22)18(25)15-9-7-14(8-10-15)11-12-23-28(2,26)27/h3-10,23H,11-13H2,1-2H3. The summed E-state index contributed by atoms with van der Waals surface area (Å²) in [6.07, 6.45) is -2.96. The lowest BCUT2D eigenvalue weighted by molar-refractivity contribution is -0.138. The Morgan fingerprint density at radius 1 is 1.07 bits per heavy atom. The maximum Gasteiger partial charge on any atom is 0.416 e. The van der Waals surface area contributed by atoms with Crippen molar-refractivity contribution in [2.24, 2.45) is 0 Å². The Bertz CT molecular complexity index is 926. The molecule has 0 aromatic heterocycles. The van der Waals surface area contributed by atoms with Crippen molar-refractivity contribution in [3.05, 3.63) is 70.8 Å². The Hall–Kier alpha value is -2.39. The van der Waals surface area contributed by atoms with Crippen LogP contribution in [0.2, 0.25) is 0 Å². The van der Waals surface area contributed by atoms with Gasteiger partial charge in [0.15, 0.2) is 0 Å². The summed E-state index contributed by atoms with van der Waals surface area (Å²) in [4.78, 5) is 13.7. The Morgan fingerprint density at radius 3 is 2.25 bits per heavy atom. The van der Waals surface area contributed by atoms with E-state index in [2.05, 4.69) is 4.72 Å². The van der Waals surface area contributed by atoms with E-state index in [1.807, 2.05) is 0 Å². The summed E-state index contributed by atoms with van der Waals surface area (Å²) in [5.74, 6) is -0.405. The molecule has 1 N–H and O–H groups in total. The summed E-state index contributed by atoms with van der Waals surface area (Å²) in [5.41, 5.74) is 0.433. The first-order valence-corrected chi connectivity index (χ1v) is 10.3. The lowest BCUT2D eigenvalue weighted by atomic mass is 10.1. The molecular weight excluding hydrogens is 393 g/mol. The first kappa shape index (κ1) is 21.9. The smallest absolute Gasteiger partial charge is 0.337 e. The van der Waals surface area contributed by atoms with Gasteiger partial charge in [-0.3, -0.25) is 4.79 Å². The van der Waals surface area contributed by atoms with Crippen LogP contribution in [0.15, 0.2) is 48.5 Å². The predicted molar refractivity (Wildman–Crippen MR) is 100 cm³/mol. The number of benzene rings is 2. The Kier molecular flexibility index (Phi) is 6.84. The number of carbonyl (C=O) groups is 1. The predicted octanol–water partition coefficient (Wildman–Crippen LogP) is 3.07. The van der Waals surface area contributed by atoms with Crippen molar-refractivity contribution in [1.29, 1.82) is 0 Å². The average molecular weight is 414 g/mol. The van der Waals surface area contributed by atoms with Crippen LogP contribution in [0.1, 0.15) is 27.0 Å². The summed E-state index contributed by atoms with van der Waals surface area (Å²) in [6, 6.07) is 11.7. The minimum atomic E-state index is -4.48. The minimum absolute atomic E-state index is 0.0225. The van der Waals surface area contributed by atoms with Gasteiger partial charge >= 0.3 is 6.18 Å². The van der Waals surface area contributed by atoms with Crippen LogP contribution in [-0.2, 0) is 29.2 Å². The molecule has 0 saturated carbocycles. The minimum Gasteiger partial charge on any atom is -0.337 e. The van der Waals surface area contributed by atoms with E-state index in [4.69, 9.17) is 0 Å². The molecule has 0 aliphatic carbocycles. The molecule has 0 aliphatic rings. The fourth-order valence-electron chi connectivity index (χ4n) is 2.68. The van der Waals surface area contributed by atoms with E-state index in [-0.39, 0.29) is 18.7 Å². The van der Waals surface area contributed by atoms with Gasteiger partial charge in [0.2, 0.25) is 10.0 Å². The Balaban J connectivity index is 2.04. The zero-order valence-electron chi connectivity index (χ0n) is 15.5. The molecule has 2 aromatic rings. The Labute approximate surface area is 162 Å². The molecule has 2 aromatic carbocycles. The maximum absolute atomic E-state index is 13.1. The average Bonchev–Trinajstić information content (AvgIpc) is 2.60. The lowest BCUT2D eigenvalue weighted by Crippen LogP contribution is -2.27. The Morgan fingerprint density at radius 2 is 1.68 bits per heavy atom. The normalized spacial score (nSPS) is 12.0. The van der Waals surface area contributed by atoms with Crippen LogP contribution >= 0.6 is 0 Å². The molecule has 5 nitrogen and oxygen atoms in total. The number of hydrogen-bond donors (Lipinski definition) is 1. The van der Waals surface area contributed by atoms with E-state index in [9.17, 15) is 26.4 Å². The van der Waals surface area contributed by atoms with Crippen LogP contribution in [0.25, 0.3) is 0 Å². The van der Waals surface area contributed by atoms with Crippen molar-refractivity contribution >= 4 is 15.9 Å². The van der Waals surface area contributed by atoms with E-state index in [0.717, 1.165) is 17.9 Å². The van der Waals surface area contributed by atoms with E-state index >= 15 is 0 Å². The number of nitrogens with zero attached hydrogens (tertiary/aromatic N) is 1. The summed E-state index contributed by atoms with van der Waals surface area (Å²) in [7, 11) is -1.82. The molecule has 28 heavy (non-hydrogen) atoms. The van der Waals surface area contributed by atoms with Crippen molar-refractivity contribution in [2.45, 2.75) is 19.1 Å². The summed E-state index contributed by atoms with van der Waals surface area (Å²) in [5, 5.41) is 0. The first-order valence-electron chi connectivity index (χ1n) is 8.41. The van der Waals surface area contributed by atoms with Crippen LogP contribution in [0.5, 0.6) is 0 Å². The lowest BCUT2D eigenvalue weighted by Gasteiger charge is -2.20. The van der Waals surface area contributed by atoms with Gasteiger partial charge in [-0.2, -0.15) is 13.2 Å². The quantitative estimate of drug-likeness (QED) is 0.757. The van der Waals surface area contributed by atoms with E-state index < -0.39 is 27.7 Å². The molecule has 0 unspecified atom stereocenters. The zero-order valence-corrected chi connectivity index (χ0v) is 16.3. The maximum atomic E-state index is 13.1. The van der Waals surface area contributed by atoms with Crippen LogP contribution in [0.4, 0.5) is 13.2 Å². The molecule has 0 bridgehead atoms. The number of sulfonamides is 1. The third-order valence-corrected chi connectivity index (χ3v) is 4.78. The zero-order chi connectivity index (χ0) is 20.9. The van der Waals surface area contributed by atoms with Crippen molar-refractivity contribution in [3.63, 3.8) is 0 Å². The molecule has 0 radical (unpaired) electrons. The van der Waals surface area contributed by atoms with Crippen molar-refractivity contribution < 1.29 is 26.4 Å². The van der Waals surface area contributed by atoms with Crippen LogP contribution in [0, 0.1) is 0 Å². The van der Waals surface area contributed by atoms with Gasteiger partial charge in [0.05, 0.1) is 11.8 Å². The number of hydrogen-bond acceptors (Lipinski definition) is 3. The van der Waals surface area contributed by atoms with E-state index in [1.54, 1.807) is 24.3 Å². The number of halogens is 3. The molecule has 0 fully saturated rings. The van der Waals surface area contributed by atoms with Gasteiger partial charge in [0.1, 0.15) is 0 Å². The van der Waals surface area contributed by atoms with Gasteiger partial charge in [0.25, 0.3) is 5.91 Å². The fourth-order valence-corrected chi connectivity index (χ4v) is 3.15.